The first kappa shape index (κ1) is 9.30. The molecule has 0 aliphatic carbocycles. The minimum Gasteiger partial charge on any atom is -0.476 e. The molecule has 1 N–H and O–H groups in total. The van der Waals surface area contributed by atoms with Crippen LogP contribution in [-0.4, -0.2) is 41.6 Å². The third-order valence-corrected chi connectivity index (χ3v) is 3.68. The number of thioether (sulfide) groups is 1. The summed E-state index contributed by atoms with van der Waals surface area (Å²) >= 11 is 1.46. The zero-order valence-electron chi connectivity index (χ0n) is 7.52. The molecule has 2 unspecified atom stereocenters. The molecule has 13 heavy (non-hydrogen) atoms. The van der Waals surface area contributed by atoms with Crippen LogP contribution in [0.3, 0.4) is 0 Å². The Morgan fingerprint density at radius 1 is 1.85 bits per heavy atom. The molecule has 0 radical (unpaired) electrons. The van der Waals surface area contributed by atoms with Crippen LogP contribution >= 0.6 is 11.8 Å². The number of rotatable bonds is 1. The first-order chi connectivity index (χ1) is 6.30. The Hall–Kier alpha value is -0.260. The molecule has 5 heteroatoms. The summed E-state index contributed by atoms with van der Waals surface area (Å²) in [4.78, 5) is 4.36. The molecule has 2 aliphatic heterocycles. The molecular weight excluding hydrogens is 190 g/mol. The molecule has 2 atom stereocenters. The molecule has 0 aromatic heterocycles. The molecule has 1 saturated heterocycles. The van der Waals surface area contributed by atoms with Crippen molar-refractivity contribution in [3.05, 3.63) is 0 Å². The smallest absolute Gasteiger partial charge is 0.248 e. The van der Waals surface area contributed by atoms with Gasteiger partial charge in [0.2, 0.25) is 5.23 Å². The van der Waals surface area contributed by atoms with Crippen LogP contribution in [-0.2, 0) is 9.47 Å². The number of aliphatic hydroxyl groups excluding tert-OH is 1. The molecule has 2 aliphatic rings. The lowest BCUT2D eigenvalue weighted by atomic mass is 9.94. The van der Waals surface area contributed by atoms with Gasteiger partial charge in [0.25, 0.3) is 0 Å². The minimum absolute atomic E-state index is 0.0392. The molecule has 2 heterocycles. The topological polar surface area (TPSA) is 51.0 Å². The van der Waals surface area contributed by atoms with E-state index in [9.17, 15) is 5.11 Å². The molecular formula is C8H13NO3S. The Morgan fingerprint density at radius 2 is 2.69 bits per heavy atom. The van der Waals surface area contributed by atoms with Gasteiger partial charge in [0.1, 0.15) is 11.0 Å². The van der Waals surface area contributed by atoms with Crippen LogP contribution in [0.4, 0.5) is 0 Å². The predicted octanol–water partition coefficient (Wildman–Crippen LogP) is 0.603. The Morgan fingerprint density at radius 3 is 3.31 bits per heavy atom. The first-order valence-corrected chi connectivity index (χ1v) is 5.22. The van der Waals surface area contributed by atoms with Gasteiger partial charge < -0.3 is 14.6 Å². The molecule has 0 saturated carbocycles. The van der Waals surface area contributed by atoms with Crippen LogP contribution in [0.5, 0.6) is 0 Å². The van der Waals surface area contributed by atoms with Gasteiger partial charge >= 0.3 is 0 Å². The van der Waals surface area contributed by atoms with E-state index in [4.69, 9.17) is 9.47 Å². The largest absolute Gasteiger partial charge is 0.476 e. The highest BCUT2D eigenvalue weighted by atomic mass is 32.2. The Kier molecular flexibility index (Phi) is 2.49. The maximum atomic E-state index is 9.31. The normalized spacial score (nSPS) is 38.3. The lowest BCUT2D eigenvalue weighted by Crippen LogP contribution is -2.44. The van der Waals surface area contributed by atoms with Crippen LogP contribution in [0.1, 0.15) is 12.8 Å². The second-order valence-corrected chi connectivity index (χ2v) is 4.28. The lowest BCUT2D eigenvalue weighted by Gasteiger charge is -2.33. The van der Waals surface area contributed by atoms with Gasteiger partial charge in [-0.05, 0) is 24.6 Å². The number of fused-ring (bicyclic) bond motifs is 1. The number of ether oxygens (including phenoxy) is 2. The van der Waals surface area contributed by atoms with E-state index in [1.54, 1.807) is 7.11 Å². The maximum Gasteiger partial charge on any atom is 0.248 e. The zero-order chi connectivity index (χ0) is 9.31. The van der Waals surface area contributed by atoms with Crippen LogP contribution in [0, 0.1) is 0 Å². The number of aliphatic hydroxyl groups is 1. The van der Waals surface area contributed by atoms with E-state index in [0.717, 1.165) is 19.4 Å². The molecule has 0 amide bonds. The second kappa shape index (κ2) is 3.48. The summed E-state index contributed by atoms with van der Waals surface area (Å²) in [5.74, 6) is 0. The molecule has 0 spiro atoms. The first-order valence-electron chi connectivity index (χ1n) is 4.34. The summed E-state index contributed by atoms with van der Waals surface area (Å²) in [5, 5.41) is 9.94. The van der Waals surface area contributed by atoms with Crippen molar-refractivity contribution in [2.75, 3.05) is 20.3 Å². The lowest BCUT2D eigenvalue weighted by molar-refractivity contribution is -0.00564. The SMILES string of the molecule is COC1=NC2(CO)CCCOC2S1. The van der Waals surface area contributed by atoms with Gasteiger partial charge in [0, 0.05) is 6.61 Å². The summed E-state index contributed by atoms with van der Waals surface area (Å²) in [7, 11) is 1.59. The van der Waals surface area contributed by atoms with Crippen molar-refractivity contribution in [3.8, 4) is 0 Å². The van der Waals surface area contributed by atoms with Crippen molar-refractivity contribution in [3.63, 3.8) is 0 Å². The van der Waals surface area contributed by atoms with Gasteiger partial charge in [-0.15, -0.1) is 0 Å². The molecule has 0 aromatic rings. The van der Waals surface area contributed by atoms with Crippen LogP contribution in [0.2, 0.25) is 0 Å². The van der Waals surface area contributed by atoms with E-state index >= 15 is 0 Å². The monoisotopic (exact) mass is 203 g/mol. The van der Waals surface area contributed by atoms with Crippen LogP contribution < -0.4 is 0 Å². The standard InChI is InChI=1S/C8H13NO3S/c1-11-7-9-8(5-10)3-2-4-12-6(8)13-7/h6,10H,2-5H2,1H3. The number of hydrogen-bond acceptors (Lipinski definition) is 5. The highest BCUT2D eigenvalue weighted by molar-refractivity contribution is 8.14. The molecule has 2 rings (SSSR count). The fourth-order valence-corrected chi connectivity index (χ4v) is 2.82. The van der Waals surface area contributed by atoms with Gasteiger partial charge in [-0.3, -0.25) is 0 Å². The van der Waals surface area contributed by atoms with E-state index in [1.807, 2.05) is 0 Å². The van der Waals surface area contributed by atoms with E-state index < -0.39 is 5.54 Å². The molecule has 0 bridgehead atoms. The molecule has 0 aromatic carbocycles. The summed E-state index contributed by atoms with van der Waals surface area (Å²) < 4.78 is 10.6. The highest BCUT2D eigenvalue weighted by Gasteiger charge is 2.47. The van der Waals surface area contributed by atoms with Crippen molar-refractivity contribution in [1.82, 2.24) is 0 Å². The number of nitrogens with zero attached hydrogens (tertiary/aromatic N) is 1. The number of hydrogen-bond donors (Lipinski definition) is 1. The summed E-state index contributed by atoms with van der Waals surface area (Å²) in [6, 6.07) is 0. The third kappa shape index (κ3) is 1.45. The van der Waals surface area contributed by atoms with E-state index in [2.05, 4.69) is 4.99 Å². The van der Waals surface area contributed by atoms with Gasteiger partial charge in [0.05, 0.1) is 13.7 Å². The molecule has 74 valence electrons. The minimum atomic E-state index is -0.436. The third-order valence-electron chi connectivity index (χ3n) is 2.43. The van der Waals surface area contributed by atoms with Gasteiger partial charge in [0.15, 0.2) is 0 Å². The predicted molar refractivity (Wildman–Crippen MR) is 50.8 cm³/mol. The van der Waals surface area contributed by atoms with Crippen molar-refractivity contribution in [2.24, 2.45) is 4.99 Å². The van der Waals surface area contributed by atoms with Crippen LogP contribution in [0.15, 0.2) is 4.99 Å². The molecule has 4 nitrogen and oxygen atoms in total. The van der Waals surface area contributed by atoms with Crippen molar-refractivity contribution >= 4 is 17.0 Å². The van der Waals surface area contributed by atoms with Gasteiger partial charge in [-0.25, -0.2) is 4.99 Å². The number of aliphatic imine (C=N–C) groups is 1. The van der Waals surface area contributed by atoms with Crippen LogP contribution in [0.25, 0.3) is 0 Å². The van der Waals surface area contributed by atoms with Gasteiger partial charge in [-0.1, -0.05) is 0 Å². The fourth-order valence-electron chi connectivity index (χ4n) is 1.68. The Balaban J connectivity index is 2.20. The highest BCUT2D eigenvalue weighted by Crippen LogP contribution is 2.42. The quantitative estimate of drug-likeness (QED) is 0.678. The van der Waals surface area contributed by atoms with E-state index in [-0.39, 0.29) is 12.0 Å². The summed E-state index contributed by atoms with van der Waals surface area (Å²) in [6.45, 7) is 0.795. The summed E-state index contributed by atoms with van der Waals surface area (Å²) in [6.07, 6.45) is 1.84. The number of methoxy groups -OCH3 is 1. The van der Waals surface area contributed by atoms with Crippen molar-refractivity contribution < 1.29 is 14.6 Å². The van der Waals surface area contributed by atoms with E-state index in [0.29, 0.717) is 5.23 Å². The zero-order valence-corrected chi connectivity index (χ0v) is 8.34. The van der Waals surface area contributed by atoms with E-state index in [1.165, 1.54) is 11.8 Å². The molecule has 1 fully saturated rings. The van der Waals surface area contributed by atoms with Crippen molar-refractivity contribution in [2.45, 2.75) is 23.8 Å². The Labute approximate surface area is 81.3 Å². The van der Waals surface area contributed by atoms with Gasteiger partial charge in [-0.2, -0.15) is 0 Å². The second-order valence-electron chi connectivity index (χ2n) is 3.27. The Bertz CT molecular complexity index is 233. The summed E-state index contributed by atoms with van der Waals surface area (Å²) in [5.41, 5.74) is -0.491. The average molecular weight is 203 g/mol. The van der Waals surface area contributed by atoms with Crippen molar-refractivity contribution in [1.29, 1.82) is 0 Å². The average Bonchev–Trinajstić information content (AvgIpc) is 2.56. The maximum absolute atomic E-state index is 9.31. The fraction of sp³-hybridized carbons (Fsp3) is 0.875.